The molecule has 0 aromatic carbocycles. The molecule has 0 bridgehead atoms. The molecule has 2 rings (SSSR count). The summed E-state index contributed by atoms with van der Waals surface area (Å²) in [4.78, 5) is 10.7. The lowest BCUT2D eigenvalue weighted by molar-refractivity contribution is -0.139. The fourth-order valence-electron chi connectivity index (χ4n) is 2.82. The normalized spacial score (nSPS) is 29.7. The van der Waals surface area contributed by atoms with Crippen molar-refractivity contribution in [3.63, 3.8) is 0 Å². The molecule has 2 N–H and O–H groups in total. The number of hydrogen-bond acceptors (Lipinski definition) is 3. The van der Waals surface area contributed by atoms with Crippen LogP contribution in [0.2, 0.25) is 0 Å². The third-order valence-electron chi connectivity index (χ3n) is 3.88. The Morgan fingerprint density at radius 1 is 1.50 bits per heavy atom. The van der Waals surface area contributed by atoms with Gasteiger partial charge in [-0.15, -0.1) is 0 Å². The van der Waals surface area contributed by atoms with Crippen LogP contribution in [0.5, 0.6) is 0 Å². The van der Waals surface area contributed by atoms with Crippen molar-refractivity contribution in [1.29, 1.82) is 0 Å². The van der Waals surface area contributed by atoms with Crippen LogP contribution in [0.15, 0.2) is 0 Å². The highest BCUT2D eigenvalue weighted by Crippen LogP contribution is 2.43. The second-order valence-electron chi connectivity index (χ2n) is 5.14. The molecule has 0 radical (unpaired) electrons. The second-order valence-corrected chi connectivity index (χ2v) is 5.14. The fraction of sp³-hybridized carbons (Fsp3) is 0.917. The van der Waals surface area contributed by atoms with Gasteiger partial charge in [0.15, 0.2) is 0 Å². The molecule has 1 aliphatic heterocycles. The summed E-state index contributed by atoms with van der Waals surface area (Å²) < 4.78 is 6.08. The first kappa shape index (κ1) is 11.9. The van der Waals surface area contributed by atoms with Crippen LogP contribution in [0.4, 0.5) is 0 Å². The molecule has 1 saturated heterocycles. The Hall–Kier alpha value is -0.610. The van der Waals surface area contributed by atoms with Gasteiger partial charge in [-0.05, 0) is 32.6 Å². The van der Waals surface area contributed by atoms with Crippen LogP contribution < -0.4 is 5.32 Å². The molecule has 2 aliphatic rings. The average Bonchev–Trinajstić information content (AvgIpc) is 2.86. The highest BCUT2D eigenvalue weighted by molar-refractivity contribution is 5.72. The molecule has 1 spiro atoms. The first-order valence-electron chi connectivity index (χ1n) is 6.25. The van der Waals surface area contributed by atoms with Crippen molar-refractivity contribution < 1.29 is 14.6 Å². The molecular formula is C12H21NO3. The van der Waals surface area contributed by atoms with E-state index in [0.717, 1.165) is 12.8 Å². The first-order chi connectivity index (χ1) is 7.61. The molecule has 0 amide bonds. The van der Waals surface area contributed by atoms with E-state index in [1.54, 1.807) is 6.92 Å². The lowest BCUT2D eigenvalue weighted by Gasteiger charge is -2.24. The fourth-order valence-corrected chi connectivity index (χ4v) is 2.82. The summed E-state index contributed by atoms with van der Waals surface area (Å²) in [6.07, 6.45) is 7.38. The maximum atomic E-state index is 10.7. The number of nitrogens with one attached hydrogen (secondary N) is 1. The number of carbonyl (C=O) groups is 1. The van der Waals surface area contributed by atoms with Gasteiger partial charge in [-0.25, -0.2) is 0 Å². The van der Waals surface area contributed by atoms with Crippen LogP contribution in [0.1, 0.15) is 45.4 Å². The average molecular weight is 227 g/mol. The summed E-state index contributed by atoms with van der Waals surface area (Å²) in [5.74, 6) is -0.798. The molecule has 0 aromatic rings. The minimum absolute atomic E-state index is 0.152. The van der Waals surface area contributed by atoms with E-state index in [2.05, 4.69) is 5.32 Å². The Morgan fingerprint density at radius 3 is 2.81 bits per heavy atom. The summed E-state index contributed by atoms with van der Waals surface area (Å²) in [5, 5.41) is 11.8. The van der Waals surface area contributed by atoms with Crippen molar-refractivity contribution in [3.05, 3.63) is 0 Å². The quantitative estimate of drug-likeness (QED) is 0.765. The third-order valence-corrected chi connectivity index (χ3v) is 3.88. The number of hydrogen-bond donors (Lipinski definition) is 2. The minimum Gasteiger partial charge on any atom is -0.480 e. The number of rotatable bonds is 4. The third kappa shape index (κ3) is 2.55. The summed E-state index contributed by atoms with van der Waals surface area (Å²) in [7, 11) is 0. The molecule has 1 aliphatic carbocycles. The number of aliphatic carboxylic acids is 1. The van der Waals surface area contributed by atoms with E-state index >= 15 is 0 Å². The zero-order chi connectivity index (χ0) is 11.6. The Labute approximate surface area is 96.4 Å². The molecule has 2 fully saturated rings. The number of carboxylic acids is 1. The summed E-state index contributed by atoms with van der Waals surface area (Å²) in [6.45, 7) is 2.33. The van der Waals surface area contributed by atoms with Crippen molar-refractivity contribution >= 4 is 5.97 Å². The highest BCUT2D eigenvalue weighted by Gasteiger charge is 2.41. The van der Waals surface area contributed by atoms with Crippen molar-refractivity contribution in [3.8, 4) is 0 Å². The first-order valence-corrected chi connectivity index (χ1v) is 6.25. The SMILES string of the molecule is C[C@@H](NCC1CCC2(CCCC2)O1)C(=O)O. The van der Waals surface area contributed by atoms with Gasteiger partial charge in [0.2, 0.25) is 0 Å². The van der Waals surface area contributed by atoms with Gasteiger partial charge in [0.1, 0.15) is 6.04 Å². The van der Waals surface area contributed by atoms with E-state index in [4.69, 9.17) is 9.84 Å². The Kier molecular flexibility index (Phi) is 3.50. The van der Waals surface area contributed by atoms with E-state index in [-0.39, 0.29) is 11.7 Å². The molecule has 16 heavy (non-hydrogen) atoms. The van der Waals surface area contributed by atoms with Gasteiger partial charge in [-0.2, -0.15) is 0 Å². The highest BCUT2D eigenvalue weighted by atomic mass is 16.5. The zero-order valence-electron chi connectivity index (χ0n) is 9.87. The van der Waals surface area contributed by atoms with E-state index in [9.17, 15) is 4.79 Å². The Bertz CT molecular complexity index is 261. The van der Waals surface area contributed by atoms with Crippen LogP contribution >= 0.6 is 0 Å². The van der Waals surface area contributed by atoms with Crippen LogP contribution in [0.25, 0.3) is 0 Å². The van der Waals surface area contributed by atoms with Gasteiger partial charge in [0.05, 0.1) is 11.7 Å². The second kappa shape index (κ2) is 4.72. The predicted molar refractivity (Wildman–Crippen MR) is 60.4 cm³/mol. The smallest absolute Gasteiger partial charge is 0.320 e. The van der Waals surface area contributed by atoms with E-state index < -0.39 is 12.0 Å². The zero-order valence-corrected chi connectivity index (χ0v) is 9.87. The lowest BCUT2D eigenvalue weighted by atomic mass is 9.98. The molecule has 4 heteroatoms. The molecule has 92 valence electrons. The standard InChI is InChI=1S/C12H21NO3/c1-9(11(14)15)13-8-10-4-7-12(16-10)5-2-3-6-12/h9-10,13H,2-8H2,1H3,(H,14,15)/t9-,10?/m1/s1. The Balaban J connectivity index is 1.74. The van der Waals surface area contributed by atoms with Crippen molar-refractivity contribution in [2.45, 2.75) is 63.2 Å². The van der Waals surface area contributed by atoms with Crippen LogP contribution in [0, 0.1) is 0 Å². The van der Waals surface area contributed by atoms with Crippen molar-refractivity contribution in [2.24, 2.45) is 0 Å². The molecular weight excluding hydrogens is 206 g/mol. The van der Waals surface area contributed by atoms with Crippen LogP contribution in [-0.2, 0) is 9.53 Å². The summed E-state index contributed by atoms with van der Waals surface area (Å²) in [6, 6.07) is -0.483. The maximum absolute atomic E-state index is 10.7. The number of carboxylic acid groups (broad SMARTS) is 1. The van der Waals surface area contributed by atoms with Gasteiger partial charge in [0.25, 0.3) is 0 Å². The van der Waals surface area contributed by atoms with Crippen LogP contribution in [0.3, 0.4) is 0 Å². The predicted octanol–water partition coefficient (Wildman–Crippen LogP) is 1.54. The van der Waals surface area contributed by atoms with Gasteiger partial charge < -0.3 is 15.2 Å². The van der Waals surface area contributed by atoms with E-state index in [1.807, 2.05) is 0 Å². The molecule has 1 heterocycles. The molecule has 1 unspecified atom stereocenters. The van der Waals surface area contributed by atoms with Gasteiger partial charge in [-0.1, -0.05) is 12.8 Å². The topological polar surface area (TPSA) is 58.6 Å². The van der Waals surface area contributed by atoms with Gasteiger partial charge in [-0.3, -0.25) is 4.79 Å². The van der Waals surface area contributed by atoms with E-state index in [1.165, 1.54) is 25.7 Å². The largest absolute Gasteiger partial charge is 0.480 e. The lowest BCUT2D eigenvalue weighted by Crippen LogP contribution is -2.39. The molecule has 0 aromatic heterocycles. The molecule has 1 saturated carbocycles. The van der Waals surface area contributed by atoms with Gasteiger partial charge in [0, 0.05) is 6.54 Å². The molecule has 2 atom stereocenters. The molecule has 4 nitrogen and oxygen atoms in total. The Morgan fingerprint density at radius 2 is 2.19 bits per heavy atom. The van der Waals surface area contributed by atoms with Crippen molar-refractivity contribution in [2.75, 3.05) is 6.54 Å². The van der Waals surface area contributed by atoms with E-state index in [0.29, 0.717) is 6.54 Å². The summed E-state index contributed by atoms with van der Waals surface area (Å²) >= 11 is 0. The minimum atomic E-state index is -0.798. The maximum Gasteiger partial charge on any atom is 0.320 e. The number of ether oxygens (including phenoxy) is 1. The van der Waals surface area contributed by atoms with Crippen molar-refractivity contribution in [1.82, 2.24) is 5.32 Å². The van der Waals surface area contributed by atoms with Crippen LogP contribution in [-0.4, -0.2) is 35.4 Å². The monoisotopic (exact) mass is 227 g/mol. The van der Waals surface area contributed by atoms with Gasteiger partial charge >= 0.3 is 5.97 Å². The summed E-state index contributed by atoms with van der Waals surface area (Å²) in [5.41, 5.74) is 0.152.